The first-order valence-electron chi connectivity index (χ1n) is 14.7. The molecular formula is C34H37ClN4O2. The van der Waals surface area contributed by atoms with Gasteiger partial charge in [-0.25, -0.2) is 0 Å². The van der Waals surface area contributed by atoms with E-state index < -0.39 is 0 Å². The van der Waals surface area contributed by atoms with E-state index in [4.69, 9.17) is 11.6 Å². The highest BCUT2D eigenvalue weighted by molar-refractivity contribution is 6.32. The molecule has 1 atom stereocenters. The molecule has 41 heavy (non-hydrogen) atoms. The van der Waals surface area contributed by atoms with Crippen LogP contribution in [0.25, 0.3) is 6.08 Å². The molecule has 0 radical (unpaired) electrons. The largest absolute Gasteiger partial charge is 0.371 e. The molecule has 212 valence electrons. The van der Waals surface area contributed by atoms with Gasteiger partial charge in [-0.3, -0.25) is 14.6 Å². The SMILES string of the molecule is CN(C(=O)/C=C/c1ccccc1Cl)C1CCc2ccc(C(=O)N3CCC4(CC3)CCN(c3ccncc3)CC4)cc21. The third kappa shape index (κ3) is 5.76. The second-order valence-electron chi connectivity index (χ2n) is 11.8. The quantitative estimate of drug-likeness (QED) is 0.333. The maximum Gasteiger partial charge on any atom is 0.253 e. The van der Waals surface area contributed by atoms with Crippen LogP contribution in [0.15, 0.2) is 73.1 Å². The lowest BCUT2D eigenvalue weighted by atomic mass is 9.71. The molecule has 2 fully saturated rings. The van der Waals surface area contributed by atoms with Crippen LogP contribution in [0.2, 0.25) is 5.02 Å². The van der Waals surface area contributed by atoms with Gasteiger partial charge in [0, 0.05) is 68.0 Å². The van der Waals surface area contributed by atoms with E-state index in [2.05, 4.69) is 28.1 Å². The average molecular weight is 569 g/mol. The van der Waals surface area contributed by atoms with Crippen LogP contribution in [0.5, 0.6) is 0 Å². The van der Waals surface area contributed by atoms with Crippen LogP contribution in [-0.2, 0) is 11.2 Å². The molecule has 7 heteroatoms. The Kier molecular flexibility index (Phi) is 7.85. The van der Waals surface area contributed by atoms with Crippen molar-refractivity contribution in [1.29, 1.82) is 0 Å². The smallest absolute Gasteiger partial charge is 0.253 e. The van der Waals surface area contributed by atoms with Crippen LogP contribution in [0.4, 0.5) is 5.69 Å². The van der Waals surface area contributed by atoms with Gasteiger partial charge in [0.15, 0.2) is 0 Å². The number of amides is 2. The number of piperidine rings is 2. The van der Waals surface area contributed by atoms with E-state index in [1.165, 1.54) is 24.1 Å². The van der Waals surface area contributed by atoms with Crippen LogP contribution in [0.3, 0.4) is 0 Å². The topological polar surface area (TPSA) is 56.8 Å². The fourth-order valence-electron chi connectivity index (χ4n) is 6.82. The molecule has 6 rings (SSSR count). The Morgan fingerprint density at radius 2 is 1.68 bits per heavy atom. The van der Waals surface area contributed by atoms with E-state index >= 15 is 0 Å². The molecular weight excluding hydrogens is 532 g/mol. The van der Waals surface area contributed by atoms with Crippen molar-refractivity contribution in [2.75, 3.05) is 38.1 Å². The summed E-state index contributed by atoms with van der Waals surface area (Å²) in [7, 11) is 1.84. The highest BCUT2D eigenvalue weighted by Gasteiger charge is 2.39. The number of carbonyl (C=O) groups excluding carboxylic acids is 2. The van der Waals surface area contributed by atoms with Crippen molar-refractivity contribution < 1.29 is 9.59 Å². The molecule has 2 aliphatic heterocycles. The van der Waals surface area contributed by atoms with Crippen molar-refractivity contribution in [3.8, 4) is 0 Å². The summed E-state index contributed by atoms with van der Waals surface area (Å²) in [5.74, 6) is 0.0333. The Bertz CT molecular complexity index is 1440. The maximum atomic E-state index is 13.6. The number of benzene rings is 2. The monoisotopic (exact) mass is 568 g/mol. The molecule has 2 saturated heterocycles. The van der Waals surface area contributed by atoms with Crippen molar-refractivity contribution in [2.24, 2.45) is 5.41 Å². The van der Waals surface area contributed by atoms with Gasteiger partial charge in [0.2, 0.25) is 5.91 Å². The van der Waals surface area contributed by atoms with Gasteiger partial charge in [-0.2, -0.15) is 0 Å². The Hall–Kier alpha value is -3.64. The van der Waals surface area contributed by atoms with Crippen molar-refractivity contribution in [1.82, 2.24) is 14.8 Å². The van der Waals surface area contributed by atoms with Gasteiger partial charge >= 0.3 is 0 Å². The van der Waals surface area contributed by atoms with Crippen LogP contribution in [-0.4, -0.2) is 59.8 Å². The number of pyridine rings is 1. The summed E-state index contributed by atoms with van der Waals surface area (Å²) in [6.45, 7) is 3.73. The first-order chi connectivity index (χ1) is 19.9. The first-order valence-corrected chi connectivity index (χ1v) is 15.1. The lowest BCUT2D eigenvalue weighted by Crippen LogP contribution is -2.48. The first kappa shape index (κ1) is 27.5. The molecule has 0 saturated carbocycles. The summed E-state index contributed by atoms with van der Waals surface area (Å²) in [6, 6.07) is 17.7. The number of anilines is 1. The highest BCUT2D eigenvalue weighted by atomic mass is 35.5. The van der Waals surface area contributed by atoms with E-state index in [0.29, 0.717) is 10.4 Å². The number of hydrogen-bond acceptors (Lipinski definition) is 4. The van der Waals surface area contributed by atoms with Crippen LogP contribution in [0.1, 0.15) is 65.2 Å². The van der Waals surface area contributed by atoms with Gasteiger partial charge in [-0.15, -0.1) is 0 Å². The van der Waals surface area contributed by atoms with Crippen molar-refractivity contribution >= 4 is 35.2 Å². The number of halogens is 1. The predicted octanol–water partition coefficient (Wildman–Crippen LogP) is 6.42. The number of fused-ring (bicyclic) bond motifs is 1. The number of nitrogens with zero attached hydrogens (tertiary/aromatic N) is 4. The number of carbonyl (C=O) groups is 2. The van der Waals surface area contributed by atoms with Crippen molar-refractivity contribution in [3.63, 3.8) is 0 Å². The van der Waals surface area contributed by atoms with Gasteiger partial charge in [-0.05, 0) is 97.0 Å². The molecule has 1 unspecified atom stereocenters. The fraction of sp³-hybridized carbons (Fsp3) is 0.382. The molecule has 1 spiro atoms. The third-order valence-corrected chi connectivity index (χ3v) is 9.87. The standard InChI is InChI=1S/C34H37ClN4O2/c1-37(32(40)11-9-26-4-2-3-5-30(26)35)31-10-8-25-6-7-27(24-29(25)31)33(41)39-22-16-34(17-23-39)14-20-38(21-15-34)28-12-18-36-19-13-28/h2-7,9,11-13,18-19,24,31H,8,10,14-17,20-23H2,1H3/b11-9+. The highest BCUT2D eigenvalue weighted by Crippen LogP contribution is 2.42. The van der Waals surface area contributed by atoms with Gasteiger partial charge in [-0.1, -0.05) is 35.9 Å². The molecule has 3 heterocycles. The number of likely N-dealkylation sites (tertiary alicyclic amines) is 1. The van der Waals surface area contributed by atoms with Crippen molar-refractivity contribution in [3.05, 3.63) is 100 Å². The van der Waals surface area contributed by atoms with Gasteiger partial charge < -0.3 is 14.7 Å². The number of rotatable bonds is 5. The average Bonchev–Trinajstić information content (AvgIpc) is 3.44. The van der Waals surface area contributed by atoms with Crippen molar-refractivity contribution in [2.45, 2.75) is 44.6 Å². The number of likely N-dealkylation sites (N-methyl/N-ethyl adjacent to an activating group) is 1. The van der Waals surface area contributed by atoms with E-state index in [0.717, 1.165) is 68.6 Å². The van der Waals surface area contributed by atoms with E-state index in [-0.39, 0.29) is 17.9 Å². The lowest BCUT2D eigenvalue weighted by Gasteiger charge is -2.47. The molecule has 0 N–H and O–H groups in total. The van der Waals surface area contributed by atoms with Gasteiger partial charge in [0.05, 0.1) is 6.04 Å². The van der Waals surface area contributed by atoms with Crippen LogP contribution in [0, 0.1) is 5.41 Å². The molecule has 3 aliphatic rings. The summed E-state index contributed by atoms with van der Waals surface area (Å²) in [5.41, 5.74) is 5.45. The second-order valence-corrected chi connectivity index (χ2v) is 12.2. The number of aromatic nitrogens is 1. The molecule has 3 aromatic rings. The normalized spacial score (nSPS) is 19.9. The van der Waals surface area contributed by atoms with E-state index in [1.807, 2.05) is 60.7 Å². The zero-order valence-electron chi connectivity index (χ0n) is 23.6. The fourth-order valence-corrected chi connectivity index (χ4v) is 7.02. The predicted molar refractivity (Wildman–Crippen MR) is 164 cm³/mol. The Balaban J connectivity index is 1.08. The van der Waals surface area contributed by atoms with Crippen LogP contribution < -0.4 is 4.90 Å². The summed E-state index contributed by atoms with van der Waals surface area (Å²) >= 11 is 6.25. The Morgan fingerprint density at radius 3 is 2.41 bits per heavy atom. The van der Waals surface area contributed by atoms with E-state index in [1.54, 1.807) is 17.1 Å². The maximum absolute atomic E-state index is 13.6. The minimum atomic E-state index is -0.0733. The summed E-state index contributed by atoms with van der Waals surface area (Å²) in [6.07, 6.45) is 13.3. The molecule has 1 aliphatic carbocycles. The molecule has 2 amide bonds. The summed E-state index contributed by atoms with van der Waals surface area (Å²) in [4.78, 5) is 37.1. The summed E-state index contributed by atoms with van der Waals surface area (Å²) in [5, 5.41) is 0.618. The zero-order chi connectivity index (χ0) is 28.4. The molecule has 1 aromatic heterocycles. The number of aryl methyl sites for hydroxylation is 1. The van der Waals surface area contributed by atoms with E-state index in [9.17, 15) is 9.59 Å². The molecule has 2 aromatic carbocycles. The molecule has 0 bridgehead atoms. The Labute approximate surface area is 247 Å². The van der Waals surface area contributed by atoms with Gasteiger partial charge in [0.25, 0.3) is 5.91 Å². The second kappa shape index (κ2) is 11.7. The number of hydrogen-bond donors (Lipinski definition) is 0. The minimum absolute atomic E-state index is 0.0450. The summed E-state index contributed by atoms with van der Waals surface area (Å²) < 4.78 is 0. The molecule has 6 nitrogen and oxygen atoms in total. The van der Waals surface area contributed by atoms with Crippen LogP contribution >= 0.6 is 11.6 Å². The zero-order valence-corrected chi connectivity index (χ0v) is 24.4. The lowest BCUT2D eigenvalue weighted by molar-refractivity contribution is -0.126. The third-order valence-electron chi connectivity index (χ3n) is 9.53. The minimum Gasteiger partial charge on any atom is -0.371 e. The Morgan fingerprint density at radius 1 is 0.976 bits per heavy atom. The van der Waals surface area contributed by atoms with Gasteiger partial charge in [0.1, 0.15) is 0 Å².